The molecule has 2 amide bonds. The Bertz CT molecular complexity index is 200. The van der Waals surface area contributed by atoms with Crippen molar-refractivity contribution in [2.75, 3.05) is 26.2 Å². The molecule has 4 heteroatoms. The van der Waals surface area contributed by atoms with Crippen molar-refractivity contribution in [2.45, 2.75) is 33.1 Å². The van der Waals surface area contributed by atoms with Crippen LogP contribution >= 0.6 is 0 Å². The second-order valence-electron chi connectivity index (χ2n) is 4.67. The minimum absolute atomic E-state index is 0.0309. The lowest BCUT2D eigenvalue weighted by atomic mass is 9.81. The largest absolute Gasteiger partial charge is 0.338 e. The minimum atomic E-state index is -0.0309. The maximum absolute atomic E-state index is 11.3. The maximum atomic E-state index is 11.3. The third-order valence-electron chi connectivity index (χ3n) is 3.02. The molecule has 15 heavy (non-hydrogen) atoms. The van der Waals surface area contributed by atoms with E-state index < -0.39 is 0 Å². The highest BCUT2D eigenvalue weighted by atomic mass is 16.2. The van der Waals surface area contributed by atoms with Gasteiger partial charge in [0, 0.05) is 13.1 Å². The van der Waals surface area contributed by atoms with Gasteiger partial charge < -0.3 is 16.0 Å². The second kappa shape index (κ2) is 5.95. The van der Waals surface area contributed by atoms with Gasteiger partial charge in [0.15, 0.2) is 0 Å². The van der Waals surface area contributed by atoms with Gasteiger partial charge in [0.25, 0.3) is 0 Å². The van der Waals surface area contributed by atoms with Crippen LogP contribution in [-0.2, 0) is 0 Å². The lowest BCUT2D eigenvalue weighted by Gasteiger charge is -2.34. The molecule has 0 aliphatic carbocycles. The van der Waals surface area contributed by atoms with Gasteiger partial charge in [-0.1, -0.05) is 13.8 Å². The van der Waals surface area contributed by atoms with Gasteiger partial charge in [-0.15, -0.1) is 0 Å². The van der Waals surface area contributed by atoms with Gasteiger partial charge in [0.1, 0.15) is 0 Å². The zero-order chi connectivity index (χ0) is 11.1. The van der Waals surface area contributed by atoms with Crippen LogP contribution in [-0.4, -0.2) is 32.2 Å². The van der Waals surface area contributed by atoms with Gasteiger partial charge in [-0.3, -0.25) is 0 Å². The van der Waals surface area contributed by atoms with Crippen LogP contribution in [0.3, 0.4) is 0 Å². The van der Waals surface area contributed by atoms with Gasteiger partial charge in [-0.25, -0.2) is 4.79 Å². The highest BCUT2D eigenvalue weighted by molar-refractivity contribution is 5.73. The maximum Gasteiger partial charge on any atom is 0.314 e. The Labute approximate surface area is 92.2 Å². The summed E-state index contributed by atoms with van der Waals surface area (Å²) in [7, 11) is 0. The third kappa shape index (κ3) is 4.51. The molecule has 1 aliphatic heterocycles. The summed E-state index contributed by atoms with van der Waals surface area (Å²) in [5.74, 6) is 0. The topological polar surface area (TPSA) is 53.2 Å². The van der Waals surface area contributed by atoms with Crippen molar-refractivity contribution in [1.82, 2.24) is 16.0 Å². The van der Waals surface area contributed by atoms with Crippen molar-refractivity contribution in [3.8, 4) is 0 Å². The van der Waals surface area contributed by atoms with Crippen LogP contribution < -0.4 is 16.0 Å². The molecule has 0 aromatic rings. The fourth-order valence-electron chi connectivity index (χ4n) is 1.80. The van der Waals surface area contributed by atoms with E-state index in [1.807, 2.05) is 6.92 Å². The molecule has 1 heterocycles. The Hall–Kier alpha value is -0.770. The Morgan fingerprint density at radius 1 is 1.33 bits per heavy atom. The lowest BCUT2D eigenvalue weighted by Crippen LogP contribution is -2.45. The Balaban J connectivity index is 2.19. The molecule has 0 aromatic heterocycles. The van der Waals surface area contributed by atoms with Gasteiger partial charge in [-0.05, 0) is 37.8 Å². The van der Waals surface area contributed by atoms with Crippen molar-refractivity contribution < 1.29 is 4.79 Å². The van der Waals surface area contributed by atoms with E-state index in [-0.39, 0.29) is 11.4 Å². The first-order chi connectivity index (χ1) is 7.16. The number of amides is 2. The summed E-state index contributed by atoms with van der Waals surface area (Å²) in [6, 6.07) is -0.0309. The number of carbonyl (C=O) groups excluding carboxylic acids is 1. The molecule has 0 radical (unpaired) electrons. The molecule has 1 aliphatic rings. The molecular formula is C11H23N3O. The Kier molecular flexibility index (Phi) is 4.88. The standard InChI is InChI=1S/C11H23N3O/c1-3-6-13-10(15)14-9-11(2)4-7-12-8-5-11/h12H,3-9H2,1-2H3,(H2,13,14,15). The van der Waals surface area contributed by atoms with Gasteiger partial charge >= 0.3 is 6.03 Å². The Morgan fingerprint density at radius 3 is 2.60 bits per heavy atom. The normalized spacial score (nSPS) is 19.6. The number of rotatable bonds is 4. The van der Waals surface area contributed by atoms with Crippen molar-refractivity contribution >= 4 is 6.03 Å². The van der Waals surface area contributed by atoms with Crippen LogP contribution in [0.5, 0.6) is 0 Å². The van der Waals surface area contributed by atoms with Crippen molar-refractivity contribution in [1.29, 1.82) is 0 Å². The molecule has 3 N–H and O–H groups in total. The fraction of sp³-hybridized carbons (Fsp3) is 0.909. The molecule has 0 spiro atoms. The van der Waals surface area contributed by atoms with Crippen LogP contribution in [0.2, 0.25) is 0 Å². The predicted octanol–water partition coefficient (Wildman–Crippen LogP) is 1.09. The summed E-state index contributed by atoms with van der Waals surface area (Å²) < 4.78 is 0. The average Bonchev–Trinajstić information content (AvgIpc) is 2.25. The monoisotopic (exact) mass is 213 g/mol. The first-order valence-corrected chi connectivity index (χ1v) is 5.89. The van der Waals surface area contributed by atoms with E-state index in [1.165, 1.54) is 0 Å². The van der Waals surface area contributed by atoms with E-state index in [0.29, 0.717) is 0 Å². The summed E-state index contributed by atoms with van der Waals surface area (Å²) in [6.07, 6.45) is 3.26. The summed E-state index contributed by atoms with van der Waals surface area (Å²) in [6.45, 7) is 7.96. The van der Waals surface area contributed by atoms with Crippen molar-refractivity contribution in [3.05, 3.63) is 0 Å². The van der Waals surface area contributed by atoms with E-state index in [2.05, 4.69) is 22.9 Å². The molecule has 1 saturated heterocycles. The fourth-order valence-corrected chi connectivity index (χ4v) is 1.80. The Morgan fingerprint density at radius 2 is 2.00 bits per heavy atom. The average molecular weight is 213 g/mol. The van der Waals surface area contributed by atoms with Crippen LogP contribution in [0, 0.1) is 5.41 Å². The second-order valence-corrected chi connectivity index (χ2v) is 4.67. The zero-order valence-electron chi connectivity index (χ0n) is 9.86. The third-order valence-corrected chi connectivity index (χ3v) is 3.02. The van der Waals surface area contributed by atoms with E-state index in [9.17, 15) is 4.79 Å². The SMILES string of the molecule is CCCNC(=O)NCC1(C)CCNCC1. The molecule has 88 valence electrons. The van der Waals surface area contributed by atoms with E-state index in [4.69, 9.17) is 0 Å². The van der Waals surface area contributed by atoms with E-state index >= 15 is 0 Å². The molecule has 0 aromatic carbocycles. The van der Waals surface area contributed by atoms with Gasteiger partial charge in [-0.2, -0.15) is 0 Å². The van der Waals surface area contributed by atoms with Crippen LogP contribution in [0.1, 0.15) is 33.1 Å². The molecule has 0 unspecified atom stereocenters. The van der Waals surface area contributed by atoms with E-state index in [1.54, 1.807) is 0 Å². The first kappa shape index (κ1) is 12.3. The number of urea groups is 1. The number of hydrogen-bond acceptors (Lipinski definition) is 2. The highest BCUT2D eigenvalue weighted by Gasteiger charge is 2.26. The molecule has 0 saturated carbocycles. The quantitative estimate of drug-likeness (QED) is 0.654. The number of hydrogen-bond donors (Lipinski definition) is 3. The van der Waals surface area contributed by atoms with Crippen LogP contribution in [0.4, 0.5) is 4.79 Å². The smallest absolute Gasteiger partial charge is 0.314 e. The lowest BCUT2D eigenvalue weighted by molar-refractivity contribution is 0.207. The number of piperidine rings is 1. The molecule has 1 fully saturated rings. The summed E-state index contributed by atoms with van der Waals surface area (Å²) in [5, 5.41) is 9.11. The van der Waals surface area contributed by atoms with E-state index in [0.717, 1.165) is 45.4 Å². The molecule has 1 rings (SSSR count). The van der Waals surface area contributed by atoms with Gasteiger partial charge in [0.05, 0.1) is 0 Å². The van der Waals surface area contributed by atoms with Crippen molar-refractivity contribution in [2.24, 2.45) is 5.41 Å². The number of nitrogens with one attached hydrogen (secondary N) is 3. The van der Waals surface area contributed by atoms with Crippen LogP contribution in [0.25, 0.3) is 0 Å². The molecule has 0 atom stereocenters. The predicted molar refractivity (Wildman–Crippen MR) is 61.9 cm³/mol. The van der Waals surface area contributed by atoms with Gasteiger partial charge in [0.2, 0.25) is 0 Å². The highest BCUT2D eigenvalue weighted by Crippen LogP contribution is 2.26. The molecular weight excluding hydrogens is 190 g/mol. The van der Waals surface area contributed by atoms with Crippen LogP contribution in [0.15, 0.2) is 0 Å². The minimum Gasteiger partial charge on any atom is -0.338 e. The molecule has 0 bridgehead atoms. The van der Waals surface area contributed by atoms with Crippen molar-refractivity contribution in [3.63, 3.8) is 0 Å². The number of carbonyl (C=O) groups is 1. The molecule has 4 nitrogen and oxygen atoms in total. The summed E-state index contributed by atoms with van der Waals surface area (Å²) >= 11 is 0. The summed E-state index contributed by atoms with van der Waals surface area (Å²) in [5.41, 5.74) is 0.273. The summed E-state index contributed by atoms with van der Waals surface area (Å²) in [4.78, 5) is 11.3. The zero-order valence-corrected chi connectivity index (χ0v) is 9.86. The first-order valence-electron chi connectivity index (χ1n) is 5.89.